The van der Waals surface area contributed by atoms with Crippen molar-refractivity contribution in [2.24, 2.45) is 0 Å². The molecular formula is C13H20BrN3. The maximum absolute atomic E-state index is 4.50. The Hall–Kier alpha value is -0.610. The molecule has 2 rings (SSSR count). The predicted octanol–water partition coefficient (Wildman–Crippen LogP) is 2.68. The van der Waals surface area contributed by atoms with Gasteiger partial charge in [-0.1, -0.05) is 0 Å². The monoisotopic (exact) mass is 297 g/mol. The molecule has 1 saturated heterocycles. The summed E-state index contributed by atoms with van der Waals surface area (Å²) in [4.78, 5) is 9.21. The summed E-state index contributed by atoms with van der Waals surface area (Å²) < 4.78 is 1.08. The highest BCUT2D eigenvalue weighted by atomic mass is 79.9. The van der Waals surface area contributed by atoms with Crippen LogP contribution in [-0.2, 0) is 0 Å². The number of nitrogens with zero attached hydrogens (tertiary/aromatic N) is 3. The molecule has 1 atom stereocenters. The van der Waals surface area contributed by atoms with Crippen LogP contribution in [0.25, 0.3) is 0 Å². The van der Waals surface area contributed by atoms with E-state index in [2.05, 4.69) is 57.8 Å². The van der Waals surface area contributed by atoms with E-state index in [1.54, 1.807) is 0 Å². The summed E-state index contributed by atoms with van der Waals surface area (Å²) in [5, 5.41) is 0. The molecule has 1 fully saturated rings. The number of piperidine rings is 1. The molecule has 17 heavy (non-hydrogen) atoms. The van der Waals surface area contributed by atoms with E-state index < -0.39 is 0 Å². The molecule has 1 aliphatic rings. The molecule has 1 unspecified atom stereocenters. The van der Waals surface area contributed by atoms with Gasteiger partial charge in [-0.15, -0.1) is 0 Å². The number of likely N-dealkylation sites (N-methyl/N-ethyl adjacent to an activating group) is 2. The van der Waals surface area contributed by atoms with Crippen molar-refractivity contribution in [3.63, 3.8) is 0 Å². The number of hydrogen-bond acceptors (Lipinski definition) is 3. The average molecular weight is 298 g/mol. The Kier molecular flexibility index (Phi) is 4.05. The SMILES string of the molecule is Cc1cc(N(C)C2CCCN(C)C2)ncc1Br. The topological polar surface area (TPSA) is 19.4 Å². The van der Waals surface area contributed by atoms with E-state index in [0.717, 1.165) is 16.8 Å². The minimum absolute atomic E-state index is 0.585. The van der Waals surface area contributed by atoms with Crippen molar-refractivity contribution in [3.8, 4) is 0 Å². The summed E-state index contributed by atoms with van der Waals surface area (Å²) in [7, 11) is 4.35. The van der Waals surface area contributed by atoms with Gasteiger partial charge in [0.2, 0.25) is 0 Å². The van der Waals surface area contributed by atoms with E-state index in [4.69, 9.17) is 0 Å². The highest BCUT2D eigenvalue weighted by Gasteiger charge is 2.22. The molecule has 4 heteroatoms. The number of aromatic nitrogens is 1. The highest BCUT2D eigenvalue weighted by molar-refractivity contribution is 9.10. The van der Waals surface area contributed by atoms with E-state index in [9.17, 15) is 0 Å². The third-order valence-electron chi connectivity index (χ3n) is 3.54. The predicted molar refractivity (Wildman–Crippen MR) is 75.6 cm³/mol. The van der Waals surface area contributed by atoms with Gasteiger partial charge in [0.1, 0.15) is 5.82 Å². The molecule has 0 bridgehead atoms. The zero-order chi connectivity index (χ0) is 12.4. The van der Waals surface area contributed by atoms with Crippen molar-refractivity contribution >= 4 is 21.7 Å². The summed E-state index contributed by atoms with van der Waals surface area (Å²) >= 11 is 3.49. The Morgan fingerprint density at radius 1 is 1.53 bits per heavy atom. The molecule has 1 aromatic rings. The van der Waals surface area contributed by atoms with E-state index in [0.29, 0.717) is 6.04 Å². The normalized spacial score (nSPS) is 21.5. The number of halogens is 1. The molecule has 3 nitrogen and oxygen atoms in total. The number of hydrogen-bond donors (Lipinski definition) is 0. The van der Waals surface area contributed by atoms with Gasteiger partial charge in [-0.05, 0) is 60.9 Å². The third-order valence-corrected chi connectivity index (χ3v) is 4.37. The largest absolute Gasteiger partial charge is 0.355 e. The molecule has 0 aliphatic carbocycles. The molecule has 0 radical (unpaired) electrons. The molecule has 94 valence electrons. The van der Waals surface area contributed by atoms with Crippen molar-refractivity contribution in [1.29, 1.82) is 0 Å². The first-order valence-corrected chi connectivity index (χ1v) is 6.90. The van der Waals surface area contributed by atoms with Crippen molar-refractivity contribution in [3.05, 3.63) is 22.3 Å². The number of likely N-dealkylation sites (tertiary alicyclic amines) is 1. The molecule has 0 amide bonds. The molecule has 2 heterocycles. The molecule has 1 aromatic heterocycles. The Morgan fingerprint density at radius 2 is 2.29 bits per heavy atom. The minimum atomic E-state index is 0.585. The Balaban J connectivity index is 2.12. The van der Waals surface area contributed by atoms with E-state index in [-0.39, 0.29) is 0 Å². The summed E-state index contributed by atoms with van der Waals surface area (Å²) in [5.41, 5.74) is 1.24. The van der Waals surface area contributed by atoms with Crippen LogP contribution in [0.5, 0.6) is 0 Å². The summed E-state index contributed by atoms with van der Waals surface area (Å²) in [6, 6.07) is 2.74. The smallest absolute Gasteiger partial charge is 0.128 e. The van der Waals surface area contributed by atoms with Crippen LogP contribution in [0.4, 0.5) is 5.82 Å². The Morgan fingerprint density at radius 3 is 2.94 bits per heavy atom. The maximum Gasteiger partial charge on any atom is 0.128 e. The Bertz CT molecular complexity index is 394. The first-order valence-electron chi connectivity index (χ1n) is 6.11. The summed E-state index contributed by atoms with van der Waals surface area (Å²) in [6.45, 7) is 4.46. The quantitative estimate of drug-likeness (QED) is 0.837. The van der Waals surface area contributed by atoms with Gasteiger partial charge in [0, 0.05) is 30.3 Å². The minimum Gasteiger partial charge on any atom is -0.355 e. The number of anilines is 1. The van der Waals surface area contributed by atoms with Crippen LogP contribution in [-0.4, -0.2) is 43.1 Å². The highest BCUT2D eigenvalue weighted by Crippen LogP contribution is 2.23. The molecule has 0 saturated carbocycles. The second kappa shape index (κ2) is 5.36. The lowest BCUT2D eigenvalue weighted by Gasteiger charge is -2.36. The van der Waals surface area contributed by atoms with Crippen LogP contribution in [0.15, 0.2) is 16.7 Å². The zero-order valence-electron chi connectivity index (χ0n) is 10.8. The summed E-state index contributed by atoms with van der Waals surface area (Å²) in [6.07, 6.45) is 4.44. The van der Waals surface area contributed by atoms with Gasteiger partial charge in [0.05, 0.1) is 0 Å². The van der Waals surface area contributed by atoms with Gasteiger partial charge >= 0.3 is 0 Å². The zero-order valence-corrected chi connectivity index (χ0v) is 12.4. The van der Waals surface area contributed by atoms with Gasteiger partial charge in [-0.3, -0.25) is 0 Å². The molecule has 0 aromatic carbocycles. The lowest BCUT2D eigenvalue weighted by atomic mass is 10.1. The van der Waals surface area contributed by atoms with Crippen LogP contribution >= 0.6 is 15.9 Å². The average Bonchev–Trinajstić information content (AvgIpc) is 2.32. The van der Waals surface area contributed by atoms with Crippen molar-refractivity contribution < 1.29 is 0 Å². The lowest BCUT2D eigenvalue weighted by Crippen LogP contribution is -2.45. The first kappa shape index (κ1) is 12.8. The van der Waals surface area contributed by atoms with Crippen molar-refractivity contribution in [2.45, 2.75) is 25.8 Å². The molecular weight excluding hydrogens is 278 g/mol. The lowest BCUT2D eigenvalue weighted by molar-refractivity contribution is 0.247. The van der Waals surface area contributed by atoms with Crippen LogP contribution < -0.4 is 4.90 Å². The van der Waals surface area contributed by atoms with Crippen molar-refractivity contribution in [2.75, 3.05) is 32.1 Å². The standard InChI is InChI=1S/C13H20BrN3/c1-10-7-13(15-8-12(10)14)17(3)11-5-4-6-16(2)9-11/h7-8,11H,4-6,9H2,1-3H3. The van der Waals surface area contributed by atoms with Crippen molar-refractivity contribution in [1.82, 2.24) is 9.88 Å². The van der Waals surface area contributed by atoms with Crippen LogP contribution in [0.2, 0.25) is 0 Å². The van der Waals surface area contributed by atoms with E-state index in [1.807, 2.05) is 6.20 Å². The molecule has 1 aliphatic heterocycles. The van der Waals surface area contributed by atoms with Crippen LogP contribution in [0.3, 0.4) is 0 Å². The number of pyridine rings is 1. The van der Waals surface area contributed by atoms with Crippen LogP contribution in [0.1, 0.15) is 18.4 Å². The second-order valence-electron chi connectivity index (χ2n) is 4.96. The number of aryl methyl sites for hydroxylation is 1. The second-order valence-corrected chi connectivity index (χ2v) is 5.82. The third kappa shape index (κ3) is 2.99. The molecule has 0 spiro atoms. The Labute approximate surface area is 112 Å². The number of rotatable bonds is 2. The van der Waals surface area contributed by atoms with Gasteiger partial charge in [0.15, 0.2) is 0 Å². The fraction of sp³-hybridized carbons (Fsp3) is 0.615. The first-order chi connectivity index (χ1) is 8.08. The van der Waals surface area contributed by atoms with Gasteiger partial charge in [-0.2, -0.15) is 0 Å². The fourth-order valence-corrected chi connectivity index (χ4v) is 2.58. The fourth-order valence-electron chi connectivity index (χ4n) is 2.36. The molecule has 0 N–H and O–H groups in total. The van der Waals surface area contributed by atoms with E-state index in [1.165, 1.54) is 24.9 Å². The van der Waals surface area contributed by atoms with Gasteiger partial charge in [-0.25, -0.2) is 4.98 Å². The van der Waals surface area contributed by atoms with Gasteiger partial charge < -0.3 is 9.80 Å². The van der Waals surface area contributed by atoms with Crippen LogP contribution in [0, 0.1) is 6.92 Å². The van der Waals surface area contributed by atoms with Gasteiger partial charge in [0.25, 0.3) is 0 Å². The van der Waals surface area contributed by atoms with E-state index >= 15 is 0 Å². The summed E-state index contributed by atoms with van der Waals surface area (Å²) in [5.74, 6) is 1.08. The maximum atomic E-state index is 4.50.